The summed E-state index contributed by atoms with van der Waals surface area (Å²) in [4.78, 5) is 0. The maximum Gasteiger partial charge on any atom is 0.491 e. The van der Waals surface area contributed by atoms with Gasteiger partial charge in [0.05, 0.1) is 17.8 Å². The molecule has 0 atom stereocenters. The van der Waals surface area contributed by atoms with Crippen molar-refractivity contribution in [3.05, 3.63) is 35.3 Å². The molecular formula is C18H27BO4S. The lowest BCUT2D eigenvalue weighted by Crippen LogP contribution is -2.41. The van der Waals surface area contributed by atoms with Crippen LogP contribution in [0.2, 0.25) is 0 Å². The summed E-state index contributed by atoms with van der Waals surface area (Å²) in [6.45, 7) is 9.32. The smallest absolute Gasteiger partial charge is 0.491 e. The minimum absolute atomic E-state index is 0.348. The minimum Gasteiger partial charge on any atom is -0.491 e. The van der Waals surface area contributed by atoms with Crippen LogP contribution in [0.15, 0.2) is 29.7 Å². The van der Waals surface area contributed by atoms with Crippen LogP contribution >= 0.6 is 12.6 Å². The van der Waals surface area contributed by atoms with Gasteiger partial charge in [-0.3, -0.25) is 0 Å². The van der Waals surface area contributed by atoms with Crippen LogP contribution in [0.3, 0.4) is 0 Å². The third kappa shape index (κ3) is 4.57. The molecule has 4 nitrogen and oxygen atoms in total. The van der Waals surface area contributed by atoms with Crippen molar-refractivity contribution < 1.29 is 18.8 Å². The molecule has 0 saturated carbocycles. The van der Waals surface area contributed by atoms with Crippen LogP contribution in [-0.2, 0) is 14.0 Å². The molecule has 2 rings (SSSR count). The first-order valence-electron chi connectivity index (χ1n) is 8.18. The summed E-state index contributed by atoms with van der Waals surface area (Å²) < 4.78 is 22.8. The van der Waals surface area contributed by atoms with Crippen molar-refractivity contribution in [2.45, 2.75) is 38.9 Å². The maximum atomic E-state index is 6.10. The van der Waals surface area contributed by atoms with E-state index in [1.165, 1.54) is 0 Å². The molecule has 1 aromatic carbocycles. The Balaban J connectivity index is 2.08. The fourth-order valence-electron chi connectivity index (χ4n) is 2.30. The molecule has 0 N–H and O–H groups in total. The largest absolute Gasteiger partial charge is 0.491 e. The van der Waals surface area contributed by atoms with Gasteiger partial charge in [0.15, 0.2) is 0 Å². The van der Waals surface area contributed by atoms with Gasteiger partial charge in [0.2, 0.25) is 0 Å². The van der Waals surface area contributed by atoms with Crippen molar-refractivity contribution in [2.75, 3.05) is 26.1 Å². The van der Waals surface area contributed by atoms with Gasteiger partial charge in [-0.1, -0.05) is 18.2 Å². The summed E-state index contributed by atoms with van der Waals surface area (Å²) in [5.74, 6) is 1.40. The fourth-order valence-corrected chi connectivity index (χ4v) is 2.54. The van der Waals surface area contributed by atoms with Gasteiger partial charge >= 0.3 is 7.12 Å². The lowest BCUT2D eigenvalue weighted by molar-refractivity contribution is 0.00578. The van der Waals surface area contributed by atoms with Gasteiger partial charge in [-0.25, -0.2) is 0 Å². The Morgan fingerprint density at radius 1 is 1.08 bits per heavy atom. The van der Waals surface area contributed by atoms with Gasteiger partial charge < -0.3 is 18.8 Å². The predicted octanol–water partition coefficient (Wildman–Crippen LogP) is 3.66. The third-order valence-corrected chi connectivity index (χ3v) is 4.89. The highest BCUT2D eigenvalue weighted by Gasteiger charge is 2.52. The zero-order valence-corrected chi connectivity index (χ0v) is 16.1. The van der Waals surface area contributed by atoms with Crippen molar-refractivity contribution in [3.63, 3.8) is 0 Å². The maximum absolute atomic E-state index is 6.10. The first-order valence-corrected chi connectivity index (χ1v) is 8.81. The molecule has 0 bridgehead atoms. The molecule has 6 heteroatoms. The number of rotatable bonds is 7. The molecule has 1 heterocycles. The molecule has 1 aromatic rings. The standard InChI is InChI=1S/C18H27BO4S/c1-17(2)18(3,4)23-19(22-17)15(13-24)12-14-6-8-16(9-7-14)21-11-10-20-5/h6-9,12,24H,10-11,13H2,1-5H3. The first kappa shape index (κ1) is 19.4. The SMILES string of the molecule is COCCOc1ccc(C=C(CS)B2OC(C)(C)C(C)(C)O2)cc1. The average Bonchev–Trinajstić information content (AvgIpc) is 2.74. The van der Waals surface area contributed by atoms with E-state index in [2.05, 4.69) is 46.4 Å². The molecular weight excluding hydrogens is 323 g/mol. The highest BCUT2D eigenvalue weighted by molar-refractivity contribution is 7.80. The van der Waals surface area contributed by atoms with Crippen LogP contribution in [0.1, 0.15) is 33.3 Å². The highest BCUT2D eigenvalue weighted by Crippen LogP contribution is 2.39. The van der Waals surface area contributed by atoms with Crippen molar-refractivity contribution in [3.8, 4) is 5.75 Å². The molecule has 0 amide bonds. The summed E-state index contributed by atoms with van der Waals surface area (Å²) in [7, 11) is 1.29. The van der Waals surface area contributed by atoms with Gasteiger partial charge in [0, 0.05) is 12.9 Å². The van der Waals surface area contributed by atoms with E-state index in [9.17, 15) is 0 Å². The molecule has 0 radical (unpaired) electrons. The predicted molar refractivity (Wildman–Crippen MR) is 102 cm³/mol. The number of benzene rings is 1. The highest BCUT2D eigenvalue weighted by atomic mass is 32.1. The molecule has 1 fully saturated rings. The Bertz CT molecular complexity index is 553. The normalized spacial score (nSPS) is 19.6. The molecule has 1 aliphatic rings. The van der Waals surface area contributed by atoms with Crippen molar-refractivity contribution >= 4 is 25.8 Å². The van der Waals surface area contributed by atoms with Gasteiger partial charge in [-0.05, 0) is 50.9 Å². The van der Waals surface area contributed by atoms with Crippen LogP contribution in [0.4, 0.5) is 0 Å². The molecule has 0 aliphatic carbocycles. The van der Waals surface area contributed by atoms with E-state index in [4.69, 9.17) is 18.8 Å². The van der Waals surface area contributed by atoms with E-state index >= 15 is 0 Å². The van der Waals surface area contributed by atoms with Gasteiger partial charge in [-0.2, -0.15) is 12.6 Å². The molecule has 24 heavy (non-hydrogen) atoms. The lowest BCUT2D eigenvalue weighted by atomic mass is 9.78. The fraction of sp³-hybridized carbons (Fsp3) is 0.556. The van der Waals surface area contributed by atoms with Crippen molar-refractivity contribution in [1.29, 1.82) is 0 Å². The third-order valence-electron chi connectivity index (χ3n) is 4.53. The monoisotopic (exact) mass is 350 g/mol. The molecule has 132 valence electrons. The number of hydrogen-bond acceptors (Lipinski definition) is 5. The zero-order valence-electron chi connectivity index (χ0n) is 15.2. The van der Waals surface area contributed by atoms with Crippen LogP contribution in [0.5, 0.6) is 5.75 Å². The van der Waals surface area contributed by atoms with Crippen molar-refractivity contribution in [1.82, 2.24) is 0 Å². The van der Waals surface area contributed by atoms with E-state index in [0.29, 0.717) is 19.0 Å². The van der Waals surface area contributed by atoms with Gasteiger partial charge in [-0.15, -0.1) is 0 Å². The molecule has 0 aromatic heterocycles. The minimum atomic E-state index is -0.370. The summed E-state index contributed by atoms with van der Waals surface area (Å²) in [6.07, 6.45) is 2.06. The van der Waals surface area contributed by atoms with E-state index in [1.54, 1.807) is 7.11 Å². The Hall–Kier alpha value is -0.945. The van der Waals surface area contributed by atoms with Crippen LogP contribution in [-0.4, -0.2) is 44.4 Å². The quantitative estimate of drug-likeness (QED) is 0.463. The second kappa shape index (κ2) is 7.96. The molecule has 1 saturated heterocycles. The van der Waals surface area contributed by atoms with E-state index in [-0.39, 0.29) is 18.3 Å². The second-order valence-corrected chi connectivity index (χ2v) is 7.19. The van der Waals surface area contributed by atoms with E-state index < -0.39 is 0 Å². The number of thiol groups is 1. The Morgan fingerprint density at radius 3 is 2.17 bits per heavy atom. The number of methoxy groups -OCH3 is 1. The summed E-state index contributed by atoms with van der Waals surface area (Å²) in [5, 5.41) is 0. The van der Waals surface area contributed by atoms with Crippen LogP contribution in [0.25, 0.3) is 6.08 Å². The molecule has 1 aliphatic heterocycles. The Labute approximate surface area is 151 Å². The topological polar surface area (TPSA) is 36.9 Å². The summed E-state index contributed by atoms with van der Waals surface area (Å²) >= 11 is 4.44. The van der Waals surface area contributed by atoms with Crippen LogP contribution in [0, 0.1) is 0 Å². The van der Waals surface area contributed by atoms with Gasteiger partial charge in [0.1, 0.15) is 12.4 Å². The summed E-state index contributed by atoms with van der Waals surface area (Å²) in [5.41, 5.74) is 1.37. The average molecular weight is 350 g/mol. The van der Waals surface area contributed by atoms with E-state index in [0.717, 1.165) is 16.8 Å². The van der Waals surface area contributed by atoms with Crippen molar-refractivity contribution in [2.24, 2.45) is 0 Å². The number of ether oxygens (including phenoxy) is 2. The molecule has 0 unspecified atom stereocenters. The lowest BCUT2D eigenvalue weighted by Gasteiger charge is -2.32. The number of hydrogen-bond donors (Lipinski definition) is 1. The summed E-state index contributed by atoms with van der Waals surface area (Å²) in [6, 6.07) is 7.91. The van der Waals surface area contributed by atoms with E-state index in [1.807, 2.05) is 24.3 Å². The Kier molecular flexibility index (Phi) is 6.42. The van der Waals surface area contributed by atoms with Crippen LogP contribution < -0.4 is 4.74 Å². The van der Waals surface area contributed by atoms with Gasteiger partial charge in [0.25, 0.3) is 0 Å². The zero-order chi connectivity index (χ0) is 17.8. The Morgan fingerprint density at radius 2 is 1.67 bits per heavy atom. The molecule has 0 spiro atoms. The first-order chi connectivity index (χ1) is 11.3. The second-order valence-electron chi connectivity index (χ2n) is 6.88.